The number of aliphatic imine (C=N–C) groups is 1. The quantitative estimate of drug-likeness (QED) is 0.457. The van der Waals surface area contributed by atoms with Crippen LogP contribution in [0, 0.1) is 0 Å². The van der Waals surface area contributed by atoms with Crippen LogP contribution in [0.2, 0.25) is 5.02 Å². The Morgan fingerprint density at radius 3 is 2.81 bits per heavy atom. The van der Waals surface area contributed by atoms with Gasteiger partial charge in [0.2, 0.25) is 0 Å². The highest BCUT2D eigenvalue weighted by molar-refractivity contribution is 6.30. The molecule has 0 amide bonds. The van der Waals surface area contributed by atoms with E-state index in [-0.39, 0.29) is 0 Å². The molecule has 0 saturated heterocycles. The number of rotatable bonds is 6. The number of nitrogens with zero attached hydrogens (tertiary/aromatic N) is 1. The van der Waals surface area contributed by atoms with Crippen LogP contribution >= 0.6 is 11.6 Å². The van der Waals surface area contributed by atoms with Gasteiger partial charge in [0.25, 0.3) is 0 Å². The second-order valence-electron chi connectivity index (χ2n) is 5.92. The first-order valence-corrected chi connectivity index (χ1v) is 8.91. The van der Waals surface area contributed by atoms with Crippen molar-refractivity contribution in [2.45, 2.75) is 13.0 Å². The fraction of sp³-hybridized carbons (Fsp3) is 0.250. The molecular formula is C20H23ClN4O. The Bertz CT molecular complexity index is 904. The second-order valence-corrected chi connectivity index (χ2v) is 6.35. The zero-order chi connectivity index (χ0) is 18.4. The molecule has 0 unspecified atom stereocenters. The number of aromatic amines is 1. The first-order chi connectivity index (χ1) is 12.7. The molecule has 0 bridgehead atoms. The third-order valence-electron chi connectivity index (χ3n) is 4.28. The minimum Gasteiger partial charge on any atom is -0.496 e. The van der Waals surface area contributed by atoms with Gasteiger partial charge in [-0.05, 0) is 30.2 Å². The summed E-state index contributed by atoms with van der Waals surface area (Å²) in [5.74, 6) is 1.51. The van der Waals surface area contributed by atoms with Crippen molar-refractivity contribution >= 4 is 28.5 Å². The number of benzene rings is 2. The molecule has 26 heavy (non-hydrogen) atoms. The summed E-state index contributed by atoms with van der Waals surface area (Å²) >= 11 is 6.01. The number of fused-ring (bicyclic) bond motifs is 1. The van der Waals surface area contributed by atoms with Gasteiger partial charge in [0, 0.05) is 47.8 Å². The van der Waals surface area contributed by atoms with Crippen molar-refractivity contribution in [3.05, 3.63) is 64.8 Å². The molecule has 2 aromatic carbocycles. The Kier molecular flexibility index (Phi) is 6.02. The van der Waals surface area contributed by atoms with E-state index in [2.05, 4.69) is 45.0 Å². The summed E-state index contributed by atoms with van der Waals surface area (Å²) in [4.78, 5) is 7.58. The van der Waals surface area contributed by atoms with Gasteiger partial charge in [-0.25, -0.2) is 0 Å². The van der Waals surface area contributed by atoms with Gasteiger partial charge in [-0.3, -0.25) is 4.99 Å². The van der Waals surface area contributed by atoms with Crippen molar-refractivity contribution in [2.75, 3.05) is 20.7 Å². The lowest BCUT2D eigenvalue weighted by molar-refractivity contribution is 0.409. The summed E-state index contributed by atoms with van der Waals surface area (Å²) < 4.78 is 5.37. The number of halogens is 1. The molecule has 0 saturated carbocycles. The van der Waals surface area contributed by atoms with Crippen LogP contribution in [0.25, 0.3) is 10.9 Å². The lowest BCUT2D eigenvalue weighted by Crippen LogP contribution is -2.37. The van der Waals surface area contributed by atoms with E-state index >= 15 is 0 Å². The maximum Gasteiger partial charge on any atom is 0.191 e. The summed E-state index contributed by atoms with van der Waals surface area (Å²) in [7, 11) is 3.41. The molecule has 0 atom stereocenters. The molecule has 5 nitrogen and oxygen atoms in total. The average molecular weight is 371 g/mol. The lowest BCUT2D eigenvalue weighted by atomic mass is 10.1. The highest BCUT2D eigenvalue weighted by Gasteiger charge is 2.06. The Balaban J connectivity index is 1.54. The van der Waals surface area contributed by atoms with Crippen LogP contribution in [-0.4, -0.2) is 31.6 Å². The number of nitrogens with one attached hydrogen (secondary N) is 3. The zero-order valence-electron chi connectivity index (χ0n) is 15.0. The van der Waals surface area contributed by atoms with Crippen LogP contribution in [0.1, 0.15) is 11.1 Å². The molecule has 6 heteroatoms. The van der Waals surface area contributed by atoms with E-state index in [1.807, 2.05) is 24.3 Å². The lowest BCUT2D eigenvalue weighted by Gasteiger charge is -2.14. The SMILES string of the molecule is CN=C(NCCc1c[nH]c2ccccc12)NCc1ccc(Cl)cc1OC. The predicted molar refractivity (Wildman–Crippen MR) is 108 cm³/mol. The van der Waals surface area contributed by atoms with Gasteiger partial charge in [-0.1, -0.05) is 35.9 Å². The summed E-state index contributed by atoms with van der Waals surface area (Å²) in [6, 6.07) is 13.9. The number of aromatic nitrogens is 1. The average Bonchev–Trinajstić information content (AvgIpc) is 3.08. The molecule has 3 N–H and O–H groups in total. The maximum atomic E-state index is 6.01. The van der Waals surface area contributed by atoms with E-state index in [4.69, 9.17) is 16.3 Å². The largest absolute Gasteiger partial charge is 0.496 e. The first-order valence-electron chi connectivity index (χ1n) is 8.53. The molecule has 0 fully saturated rings. The van der Waals surface area contributed by atoms with Gasteiger partial charge in [0.05, 0.1) is 7.11 Å². The summed E-state index contributed by atoms with van der Waals surface area (Å²) in [5, 5.41) is 8.58. The van der Waals surface area contributed by atoms with E-state index in [1.165, 1.54) is 16.5 Å². The van der Waals surface area contributed by atoms with Gasteiger partial charge >= 0.3 is 0 Å². The van der Waals surface area contributed by atoms with Crippen LogP contribution in [0.4, 0.5) is 0 Å². The second kappa shape index (κ2) is 8.63. The Morgan fingerprint density at radius 2 is 2.00 bits per heavy atom. The van der Waals surface area contributed by atoms with E-state index in [0.29, 0.717) is 11.6 Å². The van der Waals surface area contributed by atoms with E-state index in [1.54, 1.807) is 14.2 Å². The summed E-state index contributed by atoms with van der Waals surface area (Å²) in [5.41, 5.74) is 3.49. The van der Waals surface area contributed by atoms with Gasteiger partial charge in [0.15, 0.2) is 5.96 Å². The molecule has 136 valence electrons. The highest BCUT2D eigenvalue weighted by atomic mass is 35.5. The minimum absolute atomic E-state index is 0.604. The van der Waals surface area contributed by atoms with Crippen molar-refractivity contribution in [3.8, 4) is 5.75 Å². The van der Waals surface area contributed by atoms with Crippen LogP contribution in [0.3, 0.4) is 0 Å². The van der Waals surface area contributed by atoms with E-state index in [0.717, 1.165) is 30.2 Å². The van der Waals surface area contributed by atoms with E-state index in [9.17, 15) is 0 Å². The van der Waals surface area contributed by atoms with Gasteiger partial charge < -0.3 is 20.4 Å². The number of methoxy groups -OCH3 is 1. The maximum absolute atomic E-state index is 6.01. The number of ether oxygens (including phenoxy) is 1. The number of para-hydroxylation sites is 1. The Hall–Kier alpha value is -2.66. The fourth-order valence-electron chi connectivity index (χ4n) is 2.92. The molecule has 0 radical (unpaired) electrons. The van der Waals surface area contributed by atoms with Crippen LogP contribution in [-0.2, 0) is 13.0 Å². The van der Waals surface area contributed by atoms with Crippen molar-refractivity contribution in [1.29, 1.82) is 0 Å². The van der Waals surface area contributed by atoms with Crippen molar-refractivity contribution in [2.24, 2.45) is 4.99 Å². The first kappa shape index (κ1) is 18.1. The number of hydrogen-bond donors (Lipinski definition) is 3. The molecule has 0 aliphatic heterocycles. The van der Waals surface area contributed by atoms with Crippen molar-refractivity contribution in [1.82, 2.24) is 15.6 Å². The molecular weight excluding hydrogens is 348 g/mol. The molecule has 1 aromatic heterocycles. The molecule has 3 aromatic rings. The van der Waals surface area contributed by atoms with Gasteiger partial charge in [0.1, 0.15) is 5.75 Å². The van der Waals surface area contributed by atoms with Crippen molar-refractivity contribution in [3.63, 3.8) is 0 Å². The molecule has 0 aliphatic rings. The van der Waals surface area contributed by atoms with E-state index < -0.39 is 0 Å². The molecule has 0 aliphatic carbocycles. The number of H-pyrrole nitrogens is 1. The van der Waals surface area contributed by atoms with Gasteiger partial charge in [-0.15, -0.1) is 0 Å². The summed E-state index contributed by atoms with van der Waals surface area (Å²) in [6.45, 7) is 1.40. The van der Waals surface area contributed by atoms with Gasteiger partial charge in [-0.2, -0.15) is 0 Å². The summed E-state index contributed by atoms with van der Waals surface area (Å²) in [6.07, 6.45) is 2.98. The predicted octanol–water partition coefficient (Wildman–Crippen LogP) is 3.74. The molecule has 3 rings (SSSR count). The molecule has 1 heterocycles. The molecule has 0 spiro atoms. The number of hydrogen-bond acceptors (Lipinski definition) is 2. The standard InChI is InChI=1S/C20H23ClN4O/c1-22-20(25-13-15-7-8-16(21)11-19(15)26-2)23-10-9-14-12-24-18-6-4-3-5-17(14)18/h3-8,11-12,24H,9-10,13H2,1-2H3,(H2,22,23,25). The highest BCUT2D eigenvalue weighted by Crippen LogP contribution is 2.22. The monoisotopic (exact) mass is 370 g/mol. The topological polar surface area (TPSA) is 61.4 Å². The zero-order valence-corrected chi connectivity index (χ0v) is 15.7. The smallest absolute Gasteiger partial charge is 0.191 e. The Labute approximate surface area is 158 Å². The fourth-order valence-corrected chi connectivity index (χ4v) is 3.08. The van der Waals surface area contributed by atoms with Crippen LogP contribution in [0.15, 0.2) is 53.7 Å². The van der Waals surface area contributed by atoms with Crippen molar-refractivity contribution < 1.29 is 4.74 Å². The van der Waals surface area contributed by atoms with Crippen LogP contribution < -0.4 is 15.4 Å². The third kappa shape index (κ3) is 4.29. The van der Waals surface area contributed by atoms with Crippen LogP contribution in [0.5, 0.6) is 5.75 Å². The normalized spacial score (nSPS) is 11.6. The Morgan fingerprint density at radius 1 is 1.15 bits per heavy atom. The third-order valence-corrected chi connectivity index (χ3v) is 4.52. The minimum atomic E-state index is 0.604. The number of guanidine groups is 1.